The van der Waals surface area contributed by atoms with E-state index in [1.807, 2.05) is 24.3 Å². The minimum absolute atomic E-state index is 0. The van der Waals surface area contributed by atoms with Crippen molar-refractivity contribution in [2.24, 2.45) is 0 Å². The van der Waals surface area contributed by atoms with Crippen LogP contribution in [0.25, 0.3) is 42.7 Å². The van der Waals surface area contributed by atoms with Gasteiger partial charge in [0.25, 0.3) is 0 Å². The van der Waals surface area contributed by atoms with Crippen LogP contribution in [-0.2, 0) is 22.4 Å². The number of carboxylic acid groups (broad SMARTS) is 2. The summed E-state index contributed by atoms with van der Waals surface area (Å²) < 4.78 is 50.9. The molecule has 2 aliphatic rings. The van der Waals surface area contributed by atoms with Crippen molar-refractivity contribution >= 4 is 92.4 Å². The molecule has 0 spiro atoms. The van der Waals surface area contributed by atoms with Gasteiger partial charge in [0.05, 0.1) is 31.5 Å². The largest absolute Gasteiger partial charge is 0.480 e. The normalized spacial score (nSPS) is 15.0. The van der Waals surface area contributed by atoms with Gasteiger partial charge in [0.1, 0.15) is 29.5 Å². The number of aromatic nitrogens is 4. The molecule has 2 atom stereocenters. The molecule has 2 fully saturated rings. The van der Waals surface area contributed by atoms with Gasteiger partial charge in [-0.3, -0.25) is 4.79 Å². The van der Waals surface area contributed by atoms with Crippen molar-refractivity contribution in [3.05, 3.63) is 158 Å². The molecule has 328 valence electrons. The summed E-state index contributed by atoms with van der Waals surface area (Å²) in [4.78, 5) is 39.7. The van der Waals surface area contributed by atoms with Gasteiger partial charge in [-0.05, 0) is 103 Å². The Morgan fingerprint density at radius 1 is 0.738 bits per heavy atom. The molecule has 0 amide bonds. The van der Waals surface area contributed by atoms with Crippen LogP contribution in [-0.4, -0.2) is 77.0 Å². The number of anilines is 1. The summed E-state index contributed by atoms with van der Waals surface area (Å²) in [6.07, 6.45) is 5.19. The maximum absolute atomic E-state index is 15.6. The van der Waals surface area contributed by atoms with Crippen LogP contribution >= 0.6 is 45.9 Å². The molecule has 2 saturated heterocycles. The fourth-order valence-electron chi connectivity index (χ4n) is 7.19. The van der Waals surface area contributed by atoms with E-state index in [1.54, 1.807) is 76.7 Å². The second-order valence-electron chi connectivity index (χ2n) is 14.7. The molecule has 8 aromatic rings. The third-order valence-corrected chi connectivity index (χ3v) is 12.6. The Hall–Kier alpha value is -4.85. The number of halogens is 5. The number of benzene rings is 4. The van der Waals surface area contributed by atoms with Gasteiger partial charge >= 0.3 is 11.9 Å². The van der Waals surface area contributed by atoms with E-state index in [1.165, 1.54) is 34.9 Å². The number of thiazole rings is 2. The molecule has 65 heavy (non-hydrogen) atoms. The molecule has 4 aromatic heterocycles. The number of hydrogen-bond donors (Lipinski definition) is 3. The van der Waals surface area contributed by atoms with Crippen molar-refractivity contribution in [1.29, 1.82) is 1.34 Å². The predicted molar refractivity (Wildman–Crippen MR) is 249 cm³/mol. The Labute approximate surface area is 416 Å². The Morgan fingerprint density at radius 2 is 1.26 bits per heavy atom. The fourth-order valence-corrected chi connectivity index (χ4v) is 9.07. The molecule has 10 rings (SSSR count). The Balaban J connectivity index is 0.000000184. The Bertz CT molecular complexity index is 2970. The average molecular weight is 1180 g/mol. The monoisotopic (exact) mass is 1180 g/mol. The molecular weight excluding hydrogens is 1140 g/mol. The molecule has 19 heteroatoms. The van der Waals surface area contributed by atoms with Gasteiger partial charge in [-0.25, -0.2) is 33.5 Å². The maximum atomic E-state index is 15.6. The van der Waals surface area contributed by atoms with Crippen LogP contribution in [0.2, 0.25) is 10.0 Å². The summed E-state index contributed by atoms with van der Waals surface area (Å²) in [5.41, 5.74) is 9.55. The Kier molecular flexibility index (Phi) is 16.3. The number of fused-ring (bicyclic) bond motifs is 2. The van der Waals surface area contributed by atoms with Gasteiger partial charge in [0.2, 0.25) is 5.95 Å². The number of carbonyl (C=O) groups is 2. The van der Waals surface area contributed by atoms with Crippen LogP contribution in [0.4, 0.5) is 19.0 Å². The minimum Gasteiger partial charge on any atom is -0.480 e. The van der Waals surface area contributed by atoms with Gasteiger partial charge < -0.3 is 20.4 Å². The van der Waals surface area contributed by atoms with E-state index in [4.69, 9.17) is 29.6 Å². The van der Waals surface area contributed by atoms with Crippen molar-refractivity contribution in [3.63, 3.8) is 0 Å². The van der Waals surface area contributed by atoms with Crippen LogP contribution in [0.15, 0.2) is 108 Å². The summed E-state index contributed by atoms with van der Waals surface area (Å²) >= 11 is 15.1. The zero-order chi connectivity index (χ0) is 46.2. The van der Waals surface area contributed by atoms with E-state index < -0.39 is 23.9 Å². The first-order chi connectivity index (χ1) is 31.4. The summed E-state index contributed by atoms with van der Waals surface area (Å²) in [6.45, 7) is 1.53. The number of nitrogens with zero attached hydrogens (tertiary/aromatic N) is 5. The van der Waals surface area contributed by atoms with Gasteiger partial charge in [0, 0.05) is 92.4 Å². The van der Waals surface area contributed by atoms with Crippen LogP contribution in [0.3, 0.4) is 0 Å². The molecule has 4 aromatic carbocycles. The van der Waals surface area contributed by atoms with Crippen molar-refractivity contribution in [1.82, 2.24) is 25.3 Å². The second-order valence-corrected chi connectivity index (χ2v) is 17.4. The molecular formula is C46H36BCl2F3N6O4S2U. The molecule has 0 saturated carbocycles. The SMILES string of the molecule is Fc1ccc(Cc2cc3scnc3c(-c3cccc(Cl)c3)c2F)cn1.O=C(O)[C@@H]1CCN1.O=C(O)[C@@H]1CCN1c1ccc(Cc2cc3scnc3c(-c3cccc(Cl)c3)c2F)cn1.[2H][B].[U]. The fraction of sp³-hybridized carbons (Fsp3) is 0.174. The summed E-state index contributed by atoms with van der Waals surface area (Å²) in [7, 11) is 3.75. The number of rotatable bonds is 9. The summed E-state index contributed by atoms with van der Waals surface area (Å²) in [5, 5.41) is 21.2. The van der Waals surface area contributed by atoms with E-state index in [2.05, 4.69) is 33.6 Å². The van der Waals surface area contributed by atoms with E-state index in [9.17, 15) is 19.1 Å². The van der Waals surface area contributed by atoms with Gasteiger partial charge in [-0.15, -0.1) is 22.7 Å². The predicted octanol–water partition coefficient (Wildman–Crippen LogP) is 10.1. The van der Waals surface area contributed by atoms with Crippen LogP contribution in [0, 0.1) is 48.7 Å². The third kappa shape index (κ3) is 11.4. The van der Waals surface area contributed by atoms with Gasteiger partial charge in [-0.1, -0.05) is 59.6 Å². The van der Waals surface area contributed by atoms with Crippen molar-refractivity contribution < 1.29 is 64.1 Å². The zero-order valence-electron chi connectivity index (χ0n) is 35.0. The molecule has 6 heterocycles. The van der Waals surface area contributed by atoms with Crippen molar-refractivity contribution in [3.8, 4) is 22.3 Å². The van der Waals surface area contributed by atoms with E-state index >= 15 is 8.78 Å². The molecule has 2 radical (unpaired) electrons. The zero-order valence-corrected chi connectivity index (χ0v) is 41.3. The molecule has 0 bridgehead atoms. The maximum Gasteiger partial charge on any atom is 0.326 e. The van der Waals surface area contributed by atoms with Gasteiger partial charge in [0.15, 0.2) is 0 Å². The van der Waals surface area contributed by atoms with Crippen molar-refractivity contribution in [2.45, 2.75) is 37.8 Å². The quantitative estimate of drug-likeness (QED) is 0.0945. The van der Waals surface area contributed by atoms with Crippen LogP contribution < -0.4 is 10.2 Å². The molecule has 0 aliphatic carbocycles. The first-order valence-electron chi connectivity index (χ1n) is 20.1. The van der Waals surface area contributed by atoms with Crippen LogP contribution in [0.1, 0.15) is 35.1 Å². The molecule has 10 nitrogen and oxygen atoms in total. The first-order valence-corrected chi connectivity index (χ1v) is 22.1. The molecule has 2 aliphatic heterocycles. The average Bonchev–Trinajstić information content (AvgIpc) is 3.92. The minimum atomic E-state index is -0.842. The standard InChI is InChI=1S/C23H17ClFN3O2S.C19H11ClF2N2S.C4H7NO2.BH.U/c24-16-3-1-2-14(9-16)20-21(25)15(10-18-22(20)27-12-31-18)8-13-4-5-19(26-11-13)28-7-6-17(28)23(29)30;20-14-3-1-2-12(7-14)17-18(22)13(8-15-19(17)24-10-25-15)6-11-4-5-16(21)23-9-11;6-4(7)3-1-2-5-3;;/h1-5,9-12,17H,6-8H2,(H,29,30);1-5,7-10H,6H2;3,5H,1-2H2,(H,6,7);1H;/t17-;;3-;;/m0.0../s1/i;;;1D;. The third-order valence-electron chi connectivity index (χ3n) is 10.6. The second kappa shape index (κ2) is 22.1. The number of carboxylic acids is 2. The van der Waals surface area contributed by atoms with Crippen molar-refractivity contribution in [2.75, 3.05) is 18.0 Å². The summed E-state index contributed by atoms with van der Waals surface area (Å²) in [6, 6.07) is 23.6. The van der Waals surface area contributed by atoms with E-state index in [-0.39, 0.29) is 48.8 Å². The van der Waals surface area contributed by atoms with Crippen LogP contribution in [0.5, 0.6) is 0 Å². The Morgan fingerprint density at radius 3 is 1.63 bits per heavy atom. The number of nitrogens with one attached hydrogen (secondary N) is 1. The number of aliphatic carboxylic acids is 2. The molecule has 0 unspecified atom stereocenters. The smallest absolute Gasteiger partial charge is 0.326 e. The first kappa shape index (κ1) is 48.1. The summed E-state index contributed by atoms with van der Waals surface area (Å²) in [5.74, 6) is -2.16. The van der Waals surface area contributed by atoms with E-state index in [0.29, 0.717) is 86.1 Å². The van der Waals surface area contributed by atoms with E-state index in [0.717, 1.165) is 33.5 Å². The number of hydrogen-bond acceptors (Lipinski definition) is 10. The number of pyridine rings is 2. The molecule has 3 N–H and O–H groups in total. The van der Waals surface area contributed by atoms with Gasteiger partial charge in [-0.2, -0.15) is 4.39 Å². The topological polar surface area (TPSA) is 141 Å².